The van der Waals surface area contributed by atoms with Gasteiger partial charge in [0, 0.05) is 39.5 Å². The minimum atomic E-state index is -2.09. The lowest BCUT2D eigenvalue weighted by Gasteiger charge is -2.50. The molecule has 1 saturated heterocycles. The third kappa shape index (κ3) is 3.21. The summed E-state index contributed by atoms with van der Waals surface area (Å²) in [5, 5.41) is 4.64. The van der Waals surface area contributed by atoms with E-state index in [4.69, 9.17) is 8.85 Å². The number of hydrogen-bond acceptors (Lipinski definition) is 4. The molecule has 4 aliphatic heterocycles. The van der Waals surface area contributed by atoms with Gasteiger partial charge >= 0.3 is 0 Å². The first kappa shape index (κ1) is 17.7. The molecule has 6 aliphatic rings. The van der Waals surface area contributed by atoms with E-state index in [1.54, 1.807) is 10.5 Å². The van der Waals surface area contributed by atoms with Crippen LogP contribution in [0.5, 0.6) is 0 Å². The lowest BCUT2D eigenvalue weighted by molar-refractivity contribution is 0.0868. The van der Waals surface area contributed by atoms with E-state index in [1.807, 2.05) is 0 Å². The van der Waals surface area contributed by atoms with Crippen molar-refractivity contribution in [2.24, 2.45) is 33.6 Å². The molecule has 2 fully saturated rings. The molecule has 6 atom stereocenters. The Morgan fingerprint density at radius 1 is 1.10 bits per heavy atom. The van der Waals surface area contributed by atoms with Crippen molar-refractivity contribution in [1.82, 2.24) is 5.32 Å². The number of nitrogens with zero attached hydrogens (tertiary/aromatic N) is 1. The Bertz CT molecular complexity index is 979. The van der Waals surface area contributed by atoms with Gasteiger partial charge in [-0.15, -0.1) is 11.8 Å². The van der Waals surface area contributed by atoms with E-state index < -0.39 is 6.85 Å². The second kappa shape index (κ2) is 7.13. The normalized spacial score (nSPS) is 44.8. The SMILES string of the molecule is [2H]C([2H])([2H])C1=NC2OC3=C([C@H]4CC5=C(CN4)[C@H]4[C@@H](S5)C(C)(C)CCC4(C)C)CCC[C@H]3C2CC1. The van der Waals surface area contributed by atoms with E-state index in [0.29, 0.717) is 52.0 Å². The number of nitrogens with one attached hydrogen (secondary N) is 1. The van der Waals surface area contributed by atoms with Gasteiger partial charge in [-0.3, -0.25) is 4.99 Å². The van der Waals surface area contributed by atoms with E-state index in [1.165, 1.54) is 30.6 Å². The monoisotopic (exact) mass is 443 g/mol. The highest BCUT2D eigenvalue weighted by molar-refractivity contribution is 8.04. The van der Waals surface area contributed by atoms with Gasteiger partial charge in [-0.2, -0.15) is 0 Å². The lowest BCUT2D eigenvalue weighted by Crippen LogP contribution is -2.47. The van der Waals surface area contributed by atoms with Crippen molar-refractivity contribution in [3.8, 4) is 0 Å². The molecule has 0 aromatic carbocycles. The van der Waals surface area contributed by atoms with Crippen LogP contribution < -0.4 is 5.32 Å². The minimum absolute atomic E-state index is 0.291. The number of thioether (sulfide) groups is 1. The van der Waals surface area contributed by atoms with Crippen LogP contribution in [0.15, 0.2) is 26.8 Å². The molecule has 4 heteroatoms. The standard InChI is InChI=1S/C27H40N2OS/c1-15-9-10-17-16-7-6-8-18(23(16)30-25(17)29-15)20-13-21-19(14-28-20)22-24(31-21)27(4,5)12-11-26(22,2)3/h16-17,20,22,24-25,28H,6-14H2,1-5H3/t16-,17?,20+,22-,24+,25?/m0/s1/i1D3. The maximum atomic E-state index is 7.79. The maximum Gasteiger partial charge on any atom is 0.192 e. The average Bonchev–Trinajstić information content (AvgIpc) is 3.35. The van der Waals surface area contributed by atoms with Crippen LogP contribution >= 0.6 is 11.8 Å². The zero-order valence-electron chi connectivity index (χ0n) is 22.6. The van der Waals surface area contributed by atoms with Gasteiger partial charge in [0.25, 0.3) is 0 Å². The second-order valence-electron chi connectivity index (χ2n) is 12.3. The Labute approximate surface area is 197 Å². The Morgan fingerprint density at radius 3 is 2.77 bits per heavy atom. The number of hydrogen-bond donors (Lipinski definition) is 1. The first-order valence-electron chi connectivity index (χ1n) is 14.0. The van der Waals surface area contributed by atoms with Crippen molar-refractivity contribution < 1.29 is 8.85 Å². The minimum Gasteiger partial charge on any atom is -0.472 e. The van der Waals surface area contributed by atoms with Crippen molar-refractivity contribution in [1.29, 1.82) is 0 Å². The highest BCUT2D eigenvalue weighted by atomic mass is 32.2. The van der Waals surface area contributed by atoms with E-state index in [2.05, 4.69) is 49.8 Å². The Kier molecular flexibility index (Phi) is 4.07. The van der Waals surface area contributed by atoms with Gasteiger partial charge in [0.2, 0.25) is 0 Å². The van der Waals surface area contributed by atoms with E-state index >= 15 is 0 Å². The molecule has 6 rings (SSSR count). The lowest BCUT2D eigenvalue weighted by atomic mass is 9.58. The zero-order valence-corrected chi connectivity index (χ0v) is 20.4. The first-order valence-corrected chi connectivity index (χ1v) is 13.4. The molecule has 0 radical (unpaired) electrons. The predicted octanol–water partition coefficient (Wildman–Crippen LogP) is 6.46. The summed E-state index contributed by atoms with van der Waals surface area (Å²) in [6.07, 6.45) is 8.36. The number of allylic oxidation sites excluding steroid dienone is 1. The third-order valence-corrected chi connectivity index (χ3v) is 11.3. The highest BCUT2D eigenvalue weighted by Crippen LogP contribution is 2.63. The van der Waals surface area contributed by atoms with Gasteiger partial charge in [0.05, 0.1) is 0 Å². The summed E-state index contributed by atoms with van der Waals surface area (Å²) in [7, 11) is 0. The van der Waals surface area contributed by atoms with Crippen LogP contribution in [-0.4, -0.2) is 29.8 Å². The van der Waals surface area contributed by atoms with Gasteiger partial charge in [-0.1, -0.05) is 27.7 Å². The average molecular weight is 444 g/mol. The third-order valence-electron chi connectivity index (χ3n) is 9.42. The molecule has 2 unspecified atom stereocenters. The first-order chi connectivity index (χ1) is 16.0. The summed E-state index contributed by atoms with van der Waals surface area (Å²) in [5.74, 6) is 2.61. The number of aliphatic imine (C=N–C) groups is 1. The smallest absolute Gasteiger partial charge is 0.192 e. The molecular formula is C27H40N2OS. The van der Waals surface area contributed by atoms with Crippen LogP contribution in [0, 0.1) is 28.6 Å². The van der Waals surface area contributed by atoms with Gasteiger partial charge in [0.15, 0.2) is 6.23 Å². The van der Waals surface area contributed by atoms with E-state index in [9.17, 15) is 0 Å². The van der Waals surface area contributed by atoms with Crippen LogP contribution in [0.1, 0.15) is 90.0 Å². The van der Waals surface area contributed by atoms with Crippen LogP contribution in [0.25, 0.3) is 0 Å². The summed E-state index contributed by atoms with van der Waals surface area (Å²) in [5.41, 5.74) is 4.26. The summed E-state index contributed by atoms with van der Waals surface area (Å²) >= 11 is 2.20. The summed E-state index contributed by atoms with van der Waals surface area (Å²) in [6.45, 7) is 8.85. The van der Waals surface area contributed by atoms with Crippen molar-refractivity contribution in [2.45, 2.75) is 103 Å². The van der Waals surface area contributed by atoms with Crippen LogP contribution in [-0.2, 0) is 4.74 Å². The Morgan fingerprint density at radius 2 is 1.94 bits per heavy atom. The van der Waals surface area contributed by atoms with Gasteiger partial charge in [-0.25, -0.2) is 0 Å². The highest BCUT2D eigenvalue weighted by Gasteiger charge is 2.54. The van der Waals surface area contributed by atoms with Crippen molar-refractivity contribution in [3.63, 3.8) is 0 Å². The molecule has 3 nitrogen and oxygen atoms in total. The second-order valence-corrected chi connectivity index (χ2v) is 13.5. The molecular weight excluding hydrogens is 400 g/mol. The molecule has 0 spiro atoms. The Hall–Kier alpha value is -0.740. The van der Waals surface area contributed by atoms with Gasteiger partial charge in [0.1, 0.15) is 5.76 Å². The fourth-order valence-electron chi connectivity index (χ4n) is 7.54. The molecule has 4 heterocycles. The van der Waals surface area contributed by atoms with Crippen LogP contribution in [0.2, 0.25) is 0 Å². The summed E-state index contributed by atoms with van der Waals surface area (Å²) in [6, 6.07) is 0.349. The van der Waals surface area contributed by atoms with E-state index in [0.717, 1.165) is 32.2 Å². The van der Waals surface area contributed by atoms with Crippen LogP contribution in [0.4, 0.5) is 0 Å². The Balaban J connectivity index is 1.27. The topological polar surface area (TPSA) is 33.6 Å². The molecule has 0 aromatic heterocycles. The molecule has 170 valence electrons. The fourth-order valence-corrected chi connectivity index (χ4v) is 9.56. The number of ether oxygens (including phenoxy) is 1. The molecule has 31 heavy (non-hydrogen) atoms. The predicted molar refractivity (Wildman–Crippen MR) is 130 cm³/mol. The molecule has 1 N–H and O–H groups in total. The molecule has 0 amide bonds. The van der Waals surface area contributed by atoms with Gasteiger partial charge < -0.3 is 10.1 Å². The molecule has 1 saturated carbocycles. The summed E-state index contributed by atoms with van der Waals surface area (Å²) < 4.78 is 29.9. The van der Waals surface area contributed by atoms with Gasteiger partial charge in [-0.05, 0) is 91.0 Å². The van der Waals surface area contributed by atoms with Crippen molar-refractivity contribution in [3.05, 3.63) is 21.8 Å². The molecule has 2 aliphatic carbocycles. The number of fused-ring (bicyclic) bond motifs is 5. The number of rotatable bonds is 1. The maximum absolute atomic E-state index is 7.79. The fraction of sp³-hybridized carbons (Fsp3) is 0.815. The van der Waals surface area contributed by atoms with Crippen molar-refractivity contribution >= 4 is 17.5 Å². The quantitative estimate of drug-likeness (QED) is 0.505. The zero-order chi connectivity index (χ0) is 24.0. The molecule has 0 bridgehead atoms. The van der Waals surface area contributed by atoms with E-state index in [-0.39, 0.29) is 6.23 Å². The van der Waals surface area contributed by atoms with Crippen molar-refractivity contribution in [2.75, 3.05) is 6.54 Å². The molecule has 0 aromatic rings. The summed E-state index contributed by atoms with van der Waals surface area (Å²) in [4.78, 5) is 6.27. The largest absolute Gasteiger partial charge is 0.472 e. The van der Waals surface area contributed by atoms with Crippen LogP contribution in [0.3, 0.4) is 0 Å².